The van der Waals surface area contributed by atoms with Crippen molar-refractivity contribution in [2.75, 3.05) is 13.7 Å². The topological polar surface area (TPSA) is 58.4 Å². The van der Waals surface area contributed by atoms with Gasteiger partial charge in [0, 0.05) is 30.0 Å². The van der Waals surface area contributed by atoms with Gasteiger partial charge in [-0.3, -0.25) is 4.79 Å². The lowest BCUT2D eigenvalue weighted by Crippen LogP contribution is -2.20. The molecule has 0 fully saturated rings. The first-order valence-electron chi connectivity index (χ1n) is 5.24. The van der Waals surface area contributed by atoms with Crippen LogP contribution in [0.15, 0.2) is 23.1 Å². The maximum absolute atomic E-state index is 11.9. The van der Waals surface area contributed by atoms with Crippen LogP contribution in [0.3, 0.4) is 0 Å². The number of carbonyl (C=O) groups is 1. The van der Waals surface area contributed by atoms with Crippen molar-refractivity contribution >= 4 is 23.9 Å². The monoisotopic (exact) mass is 253 g/mol. The third-order valence-corrected chi connectivity index (χ3v) is 3.83. The van der Waals surface area contributed by atoms with E-state index in [1.807, 2.05) is 6.07 Å². The van der Waals surface area contributed by atoms with Gasteiger partial charge in [0.15, 0.2) is 0 Å². The summed E-state index contributed by atoms with van der Waals surface area (Å²) in [7, 11) is 1.60. The zero-order chi connectivity index (χ0) is 12.3. The van der Waals surface area contributed by atoms with E-state index in [0.29, 0.717) is 25.1 Å². The number of nitrogens with one attached hydrogen (secondary N) is 1. The van der Waals surface area contributed by atoms with Crippen molar-refractivity contribution in [2.45, 2.75) is 16.7 Å². The SMILES string of the molecule is COc1ccc2c(c1)SC(CCNC=O)[N+]2=O. The maximum Gasteiger partial charge on any atom is 0.271 e. The molecule has 0 saturated heterocycles. The number of nitroso groups, excluding NO2 is 1. The lowest BCUT2D eigenvalue weighted by Gasteiger charge is -1.99. The fourth-order valence-corrected chi connectivity index (χ4v) is 2.89. The Morgan fingerprint density at radius 2 is 2.41 bits per heavy atom. The molecule has 0 saturated carbocycles. The number of nitrogens with zero attached hydrogens (tertiary/aromatic N) is 1. The summed E-state index contributed by atoms with van der Waals surface area (Å²) >= 11 is 1.50. The van der Waals surface area contributed by atoms with Gasteiger partial charge in [0.05, 0.1) is 16.8 Å². The number of fused-ring (bicyclic) bond motifs is 1. The predicted octanol–water partition coefficient (Wildman–Crippen LogP) is 1.67. The van der Waals surface area contributed by atoms with Crippen molar-refractivity contribution in [2.24, 2.45) is 0 Å². The van der Waals surface area contributed by atoms with E-state index in [9.17, 15) is 9.70 Å². The van der Waals surface area contributed by atoms with Gasteiger partial charge in [-0.25, -0.2) is 0 Å². The van der Waals surface area contributed by atoms with E-state index in [1.54, 1.807) is 19.2 Å². The Bertz CT molecular complexity index is 450. The molecular formula is C11H13N2O3S+. The number of rotatable bonds is 5. The van der Waals surface area contributed by atoms with Gasteiger partial charge in [-0.2, -0.15) is 0 Å². The Morgan fingerprint density at radius 3 is 3.12 bits per heavy atom. The normalized spacial score (nSPS) is 17.7. The minimum absolute atomic E-state index is 0.176. The maximum atomic E-state index is 11.9. The third-order valence-electron chi connectivity index (χ3n) is 2.55. The average Bonchev–Trinajstić information content (AvgIpc) is 2.66. The van der Waals surface area contributed by atoms with Crippen LogP contribution in [0.2, 0.25) is 0 Å². The Hall–Kier alpha value is -1.56. The molecule has 0 radical (unpaired) electrons. The van der Waals surface area contributed by atoms with Crippen molar-refractivity contribution < 1.29 is 14.3 Å². The number of methoxy groups -OCH3 is 1. The zero-order valence-electron chi connectivity index (χ0n) is 9.38. The average molecular weight is 253 g/mol. The van der Waals surface area contributed by atoms with E-state index in [1.165, 1.54) is 11.8 Å². The second-order valence-electron chi connectivity index (χ2n) is 3.59. The molecule has 1 aliphatic rings. The van der Waals surface area contributed by atoms with Gasteiger partial charge < -0.3 is 10.1 Å². The lowest BCUT2D eigenvalue weighted by atomic mass is 10.3. The highest BCUT2D eigenvalue weighted by Crippen LogP contribution is 2.44. The van der Waals surface area contributed by atoms with Crippen molar-refractivity contribution in [1.29, 1.82) is 0 Å². The van der Waals surface area contributed by atoms with E-state index >= 15 is 0 Å². The molecule has 0 aromatic heterocycles. The van der Waals surface area contributed by atoms with Crippen LogP contribution in [0.5, 0.6) is 5.75 Å². The molecule has 1 unspecified atom stereocenters. The summed E-state index contributed by atoms with van der Waals surface area (Å²) in [5.41, 5.74) is 0.673. The molecule has 90 valence electrons. The number of carbonyl (C=O) groups excluding carboxylic acids is 1. The standard InChI is InChI=1S/C11H12N2O3S/c1-16-8-2-3-9-10(6-8)17-11(13(9)15)4-5-12-7-14/h2-3,6-7,11H,4-5H2,1H3/p+1. The van der Waals surface area contributed by atoms with E-state index in [4.69, 9.17) is 4.74 Å². The Morgan fingerprint density at radius 1 is 1.59 bits per heavy atom. The largest absolute Gasteiger partial charge is 0.497 e. The first kappa shape index (κ1) is 11.9. The van der Waals surface area contributed by atoms with E-state index in [0.717, 1.165) is 15.4 Å². The molecule has 5 nitrogen and oxygen atoms in total. The minimum atomic E-state index is -0.176. The molecule has 1 aromatic rings. The number of thioether (sulfide) groups is 1. The molecule has 2 rings (SSSR count). The second-order valence-corrected chi connectivity index (χ2v) is 4.81. The summed E-state index contributed by atoms with van der Waals surface area (Å²) in [6, 6.07) is 5.40. The van der Waals surface area contributed by atoms with Crippen LogP contribution in [0, 0.1) is 4.91 Å². The van der Waals surface area contributed by atoms with Crippen molar-refractivity contribution in [1.82, 2.24) is 5.32 Å². The summed E-state index contributed by atoms with van der Waals surface area (Å²) in [6.07, 6.45) is 1.26. The van der Waals surface area contributed by atoms with Crippen LogP contribution in [0.4, 0.5) is 5.69 Å². The van der Waals surface area contributed by atoms with Crippen molar-refractivity contribution in [3.63, 3.8) is 0 Å². The molecule has 0 bridgehead atoms. The lowest BCUT2D eigenvalue weighted by molar-refractivity contribution is -0.476. The molecule has 1 heterocycles. The molecule has 1 amide bonds. The first-order valence-corrected chi connectivity index (χ1v) is 6.12. The van der Waals surface area contributed by atoms with Gasteiger partial charge in [-0.05, 0) is 17.8 Å². The van der Waals surface area contributed by atoms with Crippen LogP contribution < -0.4 is 10.1 Å². The van der Waals surface area contributed by atoms with Crippen molar-refractivity contribution in [3.05, 3.63) is 23.1 Å². The smallest absolute Gasteiger partial charge is 0.271 e. The molecule has 6 heteroatoms. The minimum Gasteiger partial charge on any atom is -0.497 e. The van der Waals surface area contributed by atoms with Gasteiger partial charge in [0.1, 0.15) is 5.75 Å². The zero-order valence-corrected chi connectivity index (χ0v) is 10.2. The predicted molar refractivity (Wildman–Crippen MR) is 64.6 cm³/mol. The van der Waals surface area contributed by atoms with Crippen molar-refractivity contribution in [3.8, 4) is 5.75 Å². The summed E-state index contributed by atoms with van der Waals surface area (Å²) in [6.45, 7) is 0.505. The van der Waals surface area contributed by atoms with Gasteiger partial charge in [0.2, 0.25) is 6.41 Å². The van der Waals surface area contributed by atoms with Crippen LogP contribution >= 0.6 is 11.8 Å². The summed E-state index contributed by atoms with van der Waals surface area (Å²) < 4.78 is 6.11. The van der Waals surface area contributed by atoms with Gasteiger partial charge in [-0.15, -0.1) is 0 Å². The highest BCUT2D eigenvalue weighted by Gasteiger charge is 2.39. The Labute approximate surface area is 103 Å². The second kappa shape index (κ2) is 5.18. The molecule has 1 atom stereocenters. The third kappa shape index (κ3) is 2.41. The number of benzene rings is 1. The van der Waals surface area contributed by atoms with Gasteiger partial charge >= 0.3 is 0 Å². The fourth-order valence-electron chi connectivity index (χ4n) is 1.69. The molecule has 0 spiro atoms. The molecular weight excluding hydrogens is 240 g/mol. The number of ether oxygens (including phenoxy) is 1. The summed E-state index contributed by atoms with van der Waals surface area (Å²) in [5, 5.41) is 2.38. The molecule has 1 aliphatic heterocycles. The first-order chi connectivity index (χ1) is 8.26. The van der Waals surface area contributed by atoms with Gasteiger partial charge in [-0.1, -0.05) is 0 Å². The summed E-state index contributed by atoms with van der Waals surface area (Å²) in [4.78, 5) is 23.0. The van der Waals surface area contributed by atoms with Crippen LogP contribution in [0.1, 0.15) is 6.42 Å². The molecule has 1 N–H and O–H groups in total. The highest BCUT2D eigenvalue weighted by atomic mass is 32.2. The number of hydrogen-bond donors (Lipinski definition) is 1. The van der Waals surface area contributed by atoms with Crippen LogP contribution in [-0.4, -0.2) is 30.2 Å². The quantitative estimate of drug-likeness (QED) is 0.492. The van der Waals surface area contributed by atoms with Crippen LogP contribution in [0.25, 0.3) is 0 Å². The van der Waals surface area contributed by atoms with Gasteiger partial charge in [0.25, 0.3) is 11.1 Å². The summed E-state index contributed by atoms with van der Waals surface area (Å²) in [5.74, 6) is 0.747. The number of amides is 1. The van der Waals surface area contributed by atoms with E-state index < -0.39 is 0 Å². The van der Waals surface area contributed by atoms with Crippen LogP contribution in [-0.2, 0) is 4.79 Å². The van der Waals surface area contributed by atoms with E-state index in [-0.39, 0.29) is 5.37 Å². The van der Waals surface area contributed by atoms with E-state index in [2.05, 4.69) is 5.32 Å². The Kier molecular flexibility index (Phi) is 3.63. The molecule has 17 heavy (non-hydrogen) atoms. The Balaban J connectivity index is 2.09. The number of hydrogen-bond acceptors (Lipinski definition) is 4. The fraction of sp³-hybridized carbons (Fsp3) is 0.364. The highest BCUT2D eigenvalue weighted by molar-refractivity contribution is 8.00. The molecule has 1 aromatic carbocycles. The molecule has 0 aliphatic carbocycles.